The Bertz CT molecular complexity index is 1110. The average Bonchev–Trinajstić information content (AvgIpc) is 2.75. The standard InChI is InChI=1S/C27H30N4/c1-7-22-19-12-10-9-11-18(19)20-13-14-24-21(16-28-26(31-24)27(4,5)6)23(8-2)29-17(3)15-25(20)30-22/h7-12,16,20,25H,1-3,13-15H2,4-6H3/b29-23-. The van der Waals surface area contributed by atoms with Crippen molar-refractivity contribution in [2.45, 2.75) is 57.4 Å². The molecule has 0 saturated heterocycles. The number of allylic oxidation sites excluding steroid dienone is 2. The summed E-state index contributed by atoms with van der Waals surface area (Å²) in [6.07, 6.45) is 8.00. The summed E-state index contributed by atoms with van der Waals surface area (Å²) >= 11 is 0. The third-order valence-electron chi connectivity index (χ3n) is 6.02. The first-order chi connectivity index (χ1) is 14.8. The lowest BCUT2D eigenvalue weighted by atomic mass is 9.79. The molecule has 1 aromatic heterocycles. The fourth-order valence-electron chi connectivity index (χ4n) is 4.45. The molecule has 0 fully saturated rings. The van der Waals surface area contributed by atoms with Gasteiger partial charge in [-0.25, -0.2) is 9.97 Å². The molecule has 2 aromatic rings. The fourth-order valence-corrected chi connectivity index (χ4v) is 4.45. The van der Waals surface area contributed by atoms with E-state index in [1.54, 1.807) is 6.08 Å². The number of fused-ring (bicyclic) bond motifs is 4. The number of aliphatic imine (C=N–C) groups is 2. The number of benzene rings is 1. The first kappa shape index (κ1) is 21.1. The Kier molecular flexibility index (Phi) is 5.57. The zero-order valence-corrected chi connectivity index (χ0v) is 18.7. The summed E-state index contributed by atoms with van der Waals surface area (Å²) in [5, 5.41) is 0. The Morgan fingerprint density at radius 3 is 2.48 bits per heavy atom. The van der Waals surface area contributed by atoms with Crippen LogP contribution in [-0.4, -0.2) is 27.4 Å². The van der Waals surface area contributed by atoms with Gasteiger partial charge < -0.3 is 0 Å². The van der Waals surface area contributed by atoms with E-state index in [4.69, 9.17) is 15.0 Å². The van der Waals surface area contributed by atoms with E-state index < -0.39 is 0 Å². The summed E-state index contributed by atoms with van der Waals surface area (Å²) in [5.41, 5.74) is 6.87. The van der Waals surface area contributed by atoms with Crippen LogP contribution in [0.5, 0.6) is 0 Å². The van der Waals surface area contributed by atoms with Crippen molar-refractivity contribution in [2.75, 3.05) is 0 Å². The molecule has 4 rings (SSSR count). The van der Waals surface area contributed by atoms with Gasteiger partial charge in [-0.15, -0.1) is 0 Å². The van der Waals surface area contributed by atoms with E-state index in [1.165, 1.54) is 11.1 Å². The van der Waals surface area contributed by atoms with Gasteiger partial charge in [-0.05, 0) is 30.6 Å². The predicted molar refractivity (Wildman–Crippen MR) is 129 cm³/mol. The Balaban J connectivity index is 1.84. The van der Waals surface area contributed by atoms with E-state index in [0.717, 1.165) is 47.0 Å². The summed E-state index contributed by atoms with van der Waals surface area (Å²) < 4.78 is 0. The van der Waals surface area contributed by atoms with Gasteiger partial charge in [0, 0.05) is 40.8 Å². The quantitative estimate of drug-likeness (QED) is 0.634. The number of aryl methyl sites for hydroxylation is 1. The van der Waals surface area contributed by atoms with Gasteiger partial charge in [-0.1, -0.05) is 64.8 Å². The summed E-state index contributed by atoms with van der Waals surface area (Å²) in [6.45, 7) is 18.6. The Hall–Kier alpha value is -3.14. The zero-order valence-electron chi connectivity index (χ0n) is 18.7. The van der Waals surface area contributed by atoms with Crippen LogP contribution < -0.4 is 0 Å². The molecule has 31 heavy (non-hydrogen) atoms. The molecule has 4 nitrogen and oxygen atoms in total. The highest BCUT2D eigenvalue weighted by molar-refractivity contribution is 6.10. The molecular formula is C27H30N4. The Morgan fingerprint density at radius 2 is 1.77 bits per heavy atom. The minimum atomic E-state index is -0.122. The van der Waals surface area contributed by atoms with Gasteiger partial charge in [0.25, 0.3) is 0 Å². The number of aromatic nitrogens is 2. The maximum Gasteiger partial charge on any atom is 0.133 e. The van der Waals surface area contributed by atoms with Gasteiger partial charge in [0.05, 0.1) is 23.2 Å². The minimum absolute atomic E-state index is 0.0793. The highest BCUT2D eigenvalue weighted by Gasteiger charge is 2.32. The van der Waals surface area contributed by atoms with Crippen molar-refractivity contribution < 1.29 is 0 Å². The van der Waals surface area contributed by atoms with Gasteiger partial charge in [-0.3, -0.25) is 9.98 Å². The molecule has 2 unspecified atom stereocenters. The third kappa shape index (κ3) is 4.07. The number of hydrogen-bond donors (Lipinski definition) is 0. The number of rotatable bonds is 2. The predicted octanol–water partition coefficient (Wildman–Crippen LogP) is 5.74. The second kappa shape index (κ2) is 8.18. The molecule has 0 saturated carbocycles. The Labute approximate surface area is 185 Å². The monoisotopic (exact) mass is 410 g/mol. The number of hydrogen-bond acceptors (Lipinski definition) is 4. The lowest BCUT2D eigenvalue weighted by Crippen LogP contribution is -2.28. The van der Waals surface area contributed by atoms with Gasteiger partial charge >= 0.3 is 0 Å². The third-order valence-corrected chi connectivity index (χ3v) is 6.02. The summed E-state index contributed by atoms with van der Waals surface area (Å²) in [5.74, 6) is 1.12. The van der Waals surface area contributed by atoms with Crippen molar-refractivity contribution in [1.82, 2.24) is 9.97 Å². The first-order valence-electron chi connectivity index (χ1n) is 10.9. The van der Waals surface area contributed by atoms with Crippen LogP contribution in [0.1, 0.15) is 67.7 Å². The molecule has 0 spiro atoms. The summed E-state index contributed by atoms with van der Waals surface area (Å²) in [7, 11) is 0. The van der Waals surface area contributed by atoms with Crippen LogP contribution in [0.25, 0.3) is 0 Å². The number of nitrogens with zero attached hydrogens (tertiary/aromatic N) is 4. The van der Waals surface area contributed by atoms with Crippen LogP contribution in [0.15, 0.2) is 78.0 Å². The van der Waals surface area contributed by atoms with Crippen LogP contribution >= 0.6 is 0 Å². The van der Waals surface area contributed by atoms with Crippen LogP contribution in [0.2, 0.25) is 0 Å². The van der Waals surface area contributed by atoms with E-state index >= 15 is 0 Å². The first-order valence-corrected chi connectivity index (χ1v) is 10.9. The van der Waals surface area contributed by atoms with Gasteiger partial charge in [-0.2, -0.15) is 0 Å². The normalized spacial score (nSPS) is 22.7. The van der Waals surface area contributed by atoms with Crippen molar-refractivity contribution in [1.29, 1.82) is 0 Å². The van der Waals surface area contributed by atoms with Crippen molar-refractivity contribution in [3.05, 3.63) is 96.3 Å². The lowest BCUT2D eigenvalue weighted by Gasteiger charge is -2.32. The fraction of sp³-hybridized carbons (Fsp3) is 0.333. The largest absolute Gasteiger partial charge is 0.280 e. The van der Waals surface area contributed by atoms with Crippen LogP contribution in [0, 0.1) is 0 Å². The Morgan fingerprint density at radius 1 is 1.03 bits per heavy atom. The van der Waals surface area contributed by atoms with E-state index in [2.05, 4.69) is 69.8 Å². The molecule has 158 valence electrons. The smallest absolute Gasteiger partial charge is 0.133 e. The molecule has 4 heteroatoms. The maximum atomic E-state index is 5.06. The second-order valence-electron chi connectivity index (χ2n) is 9.29. The van der Waals surface area contributed by atoms with Crippen molar-refractivity contribution in [2.24, 2.45) is 9.98 Å². The summed E-state index contributed by atoms with van der Waals surface area (Å²) in [6, 6.07) is 8.62. The molecule has 0 amide bonds. The molecule has 3 heterocycles. The van der Waals surface area contributed by atoms with E-state index in [1.807, 2.05) is 12.3 Å². The molecular weight excluding hydrogens is 380 g/mol. The molecule has 0 radical (unpaired) electrons. The highest BCUT2D eigenvalue weighted by atomic mass is 14.9. The van der Waals surface area contributed by atoms with Crippen LogP contribution in [0.4, 0.5) is 0 Å². The van der Waals surface area contributed by atoms with E-state index in [0.29, 0.717) is 6.42 Å². The molecule has 2 aliphatic rings. The highest BCUT2D eigenvalue weighted by Crippen LogP contribution is 2.38. The van der Waals surface area contributed by atoms with Crippen molar-refractivity contribution in [3.8, 4) is 0 Å². The zero-order chi connectivity index (χ0) is 22.2. The van der Waals surface area contributed by atoms with Gasteiger partial charge in [0.15, 0.2) is 0 Å². The van der Waals surface area contributed by atoms with Gasteiger partial charge in [0.2, 0.25) is 0 Å². The van der Waals surface area contributed by atoms with Gasteiger partial charge in [0.1, 0.15) is 5.82 Å². The van der Waals surface area contributed by atoms with Crippen molar-refractivity contribution in [3.63, 3.8) is 0 Å². The summed E-state index contributed by atoms with van der Waals surface area (Å²) in [4.78, 5) is 19.5. The minimum Gasteiger partial charge on any atom is -0.280 e. The SMILES string of the molecule is C=CC1=NC2CC(=C)/N=C(/C=C)c3cnc(C(C)(C)C)nc3CCC2c2ccccc21. The van der Waals surface area contributed by atoms with E-state index in [9.17, 15) is 0 Å². The topological polar surface area (TPSA) is 50.5 Å². The van der Waals surface area contributed by atoms with E-state index in [-0.39, 0.29) is 17.4 Å². The molecule has 0 bridgehead atoms. The maximum absolute atomic E-state index is 5.06. The van der Waals surface area contributed by atoms with Crippen LogP contribution in [0.3, 0.4) is 0 Å². The second-order valence-corrected chi connectivity index (χ2v) is 9.29. The molecule has 2 atom stereocenters. The molecule has 2 aliphatic heterocycles. The lowest BCUT2D eigenvalue weighted by molar-refractivity contribution is 0.484. The average molecular weight is 411 g/mol. The molecule has 1 aromatic carbocycles. The van der Waals surface area contributed by atoms with Crippen molar-refractivity contribution >= 4 is 11.4 Å². The molecule has 0 N–H and O–H groups in total. The van der Waals surface area contributed by atoms with Crippen LogP contribution in [-0.2, 0) is 11.8 Å². The molecule has 0 aliphatic carbocycles.